The summed E-state index contributed by atoms with van der Waals surface area (Å²) in [5, 5.41) is 9.50. The highest BCUT2D eigenvalue weighted by Crippen LogP contribution is 2.65. The van der Waals surface area contributed by atoms with Crippen molar-refractivity contribution >= 4 is 17.7 Å². The number of hydrogen-bond acceptors (Lipinski definition) is 2. The lowest BCUT2D eigenvalue weighted by Gasteiger charge is -2.18. The Kier molecular flexibility index (Phi) is 2.54. The average Bonchev–Trinajstić information content (AvgIpc) is 2.83. The summed E-state index contributed by atoms with van der Waals surface area (Å²) in [5.41, 5.74) is 0.164. The minimum atomic E-state index is -0.695. The van der Waals surface area contributed by atoms with Crippen molar-refractivity contribution in [2.24, 2.45) is 5.41 Å². The largest absolute Gasteiger partial charge is 0.481 e. The summed E-state index contributed by atoms with van der Waals surface area (Å²) < 4.78 is 0. The Morgan fingerprint density at radius 3 is 2.38 bits per heavy atom. The highest BCUT2D eigenvalue weighted by atomic mass is 32.2. The lowest BCUT2D eigenvalue weighted by atomic mass is 9.88. The van der Waals surface area contributed by atoms with E-state index in [4.69, 9.17) is 0 Å². The van der Waals surface area contributed by atoms with Crippen LogP contribution in [0.25, 0.3) is 0 Å². The Labute approximate surface area is 100 Å². The zero-order chi connectivity index (χ0) is 12.0. The molecule has 1 aliphatic carbocycles. The number of carbonyl (C=O) groups is 1. The SMILES string of the molecule is CSc1ccccc1C1(C(=O)O)CC1(C)C. The molecule has 3 heteroatoms. The van der Waals surface area contributed by atoms with Crippen LogP contribution in [0.4, 0.5) is 0 Å². The maximum absolute atomic E-state index is 11.6. The molecule has 2 rings (SSSR count). The first-order valence-electron chi connectivity index (χ1n) is 5.32. The summed E-state index contributed by atoms with van der Waals surface area (Å²) >= 11 is 1.62. The molecule has 1 aromatic rings. The van der Waals surface area contributed by atoms with Gasteiger partial charge in [0.15, 0.2) is 0 Å². The predicted molar refractivity (Wildman–Crippen MR) is 65.9 cm³/mol. The summed E-state index contributed by atoms with van der Waals surface area (Å²) in [6.07, 6.45) is 2.72. The van der Waals surface area contributed by atoms with Crippen LogP contribution in [-0.4, -0.2) is 17.3 Å². The fourth-order valence-corrected chi connectivity index (χ4v) is 3.23. The molecule has 0 saturated heterocycles. The summed E-state index contributed by atoms with van der Waals surface area (Å²) in [7, 11) is 0. The first kappa shape index (κ1) is 11.5. The van der Waals surface area contributed by atoms with Gasteiger partial charge in [-0.15, -0.1) is 11.8 Å². The van der Waals surface area contributed by atoms with Gasteiger partial charge < -0.3 is 5.11 Å². The number of carboxylic acid groups (broad SMARTS) is 1. The molecule has 0 heterocycles. The van der Waals surface area contributed by atoms with E-state index in [0.29, 0.717) is 0 Å². The highest BCUT2D eigenvalue weighted by Gasteiger charge is 2.68. The summed E-state index contributed by atoms with van der Waals surface area (Å²) in [6.45, 7) is 4.05. The fourth-order valence-electron chi connectivity index (χ4n) is 2.56. The first-order valence-corrected chi connectivity index (χ1v) is 6.55. The average molecular weight is 236 g/mol. The molecule has 1 aromatic carbocycles. The van der Waals surface area contributed by atoms with Crippen molar-refractivity contribution in [3.8, 4) is 0 Å². The molecular formula is C13H16O2S. The Morgan fingerprint density at radius 2 is 1.94 bits per heavy atom. The highest BCUT2D eigenvalue weighted by molar-refractivity contribution is 7.98. The van der Waals surface area contributed by atoms with E-state index < -0.39 is 11.4 Å². The normalized spacial score (nSPS) is 26.4. The van der Waals surface area contributed by atoms with Crippen molar-refractivity contribution in [3.63, 3.8) is 0 Å². The van der Waals surface area contributed by atoms with Crippen LogP contribution in [0.3, 0.4) is 0 Å². The van der Waals surface area contributed by atoms with E-state index >= 15 is 0 Å². The van der Waals surface area contributed by atoms with Gasteiger partial charge in [-0.25, -0.2) is 0 Å². The maximum Gasteiger partial charge on any atom is 0.314 e. The van der Waals surface area contributed by atoms with Crippen LogP contribution in [0.2, 0.25) is 0 Å². The van der Waals surface area contributed by atoms with Crippen molar-refractivity contribution in [1.82, 2.24) is 0 Å². The molecule has 0 aromatic heterocycles. The van der Waals surface area contributed by atoms with Gasteiger partial charge in [0.05, 0.1) is 5.41 Å². The summed E-state index contributed by atoms with van der Waals surface area (Å²) in [6, 6.07) is 7.84. The smallest absolute Gasteiger partial charge is 0.314 e. The zero-order valence-electron chi connectivity index (χ0n) is 9.78. The third kappa shape index (κ3) is 1.38. The standard InChI is InChI=1S/C13H16O2S/c1-12(2)8-13(12,11(14)15)9-6-4-5-7-10(9)16-3/h4-7H,8H2,1-3H3,(H,14,15). The van der Waals surface area contributed by atoms with E-state index in [-0.39, 0.29) is 5.41 Å². The Bertz CT molecular complexity index is 439. The lowest BCUT2D eigenvalue weighted by molar-refractivity contribution is -0.141. The molecule has 0 radical (unpaired) electrons. The zero-order valence-corrected chi connectivity index (χ0v) is 10.6. The van der Waals surface area contributed by atoms with Crippen LogP contribution < -0.4 is 0 Å². The minimum absolute atomic E-state index is 0.134. The third-order valence-electron chi connectivity index (χ3n) is 3.67. The van der Waals surface area contributed by atoms with Crippen LogP contribution in [0.5, 0.6) is 0 Å². The molecule has 1 saturated carbocycles. The van der Waals surface area contributed by atoms with Gasteiger partial charge in [-0.05, 0) is 29.7 Å². The molecule has 0 spiro atoms. The van der Waals surface area contributed by atoms with E-state index in [1.54, 1.807) is 11.8 Å². The molecule has 0 bridgehead atoms. The van der Waals surface area contributed by atoms with Crippen LogP contribution in [0, 0.1) is 5.41 Å². The minimum Gasteiger partial charge on any atom is -0.481 e. The summed E-state index contributed by atoms with van der Waals surface area (Å²) in [4.78, 5) is 12.6. The Hall–Kier alpha value is -0.960. The van der Waals surface area contributed by atoms with Gasteiger partial charge in [0, 0.05) is 4.90 Å². The van der Waals surface area contributed by atoms with Gasteiger partial charge in [-0.3, -0.25) is 4.79 Å². The molecule has 1 fully saturated rings. The monoisotopic (exact) mass is 236 g/mol. The molecule has 1 aliphatic rings. The van der Waals surface area contributed by atoms with Crippen molar-refractivity contribution in [3.05, 3.63) is 29.8 Å². The van der Waals surface area contributed by atoms with Crippen LogP contribution in [-0.2, 0) is 10.2 Å². The van der Waals surface area contributed by atoms with E-state index in [9.17, 15) is 9.90 Å². The van der Waals surface area contributed by atoms with Gasteiger partial charge in [-0.2, -0.15) is 0 Å². The number of rotatable bonds is 3. The molecule has 0 amide bonds. The van der Waals surface area contributed by atoms with E-state index in [1.165, 1.54) is 0 Å². The topological polar surface area (TPSA) is 37.3 Å². The van der Waals surface area contributed by atoms with Crippen LogP contribution in [0.1, 0.15) is 25.8 Å². The fraction of sp³-hybridized carbons (Fsp3) is 0.462. The van der Waals surface area contributed by atoms with Gasteiger partial charge in [0.25, 0.3) is 0 Å². The molecule has 1 unspecified atom stereocenters. The molecule has 2 nitrogen and oxygen atoms in total. The first-order chi connectivity index (χ1) is 7.45. The molecule has 0 aliphatic heterocycles. The molecule has 86 valence electrons. The lowest BCUT2D eigenvalue weighted by Crippen LogP contribution is -2.26. The number of carboxylic acids is 1. The quantitative estimate of drug-likeness (QED) is 0.819. The van der Waals surface area contributed by atoms with Crippen molar-refractivity contribution in [1.29, 1.82) is 0 Å². The van der Waals surface area contributed by atoms with Crippen LogP contribution >= 0.6 is 11.8 Å². The van der Waals surface area contributed by atoms with Crippen LogP contribution in [0.15, 0.2) is 29.2 Å². The van der Waals surface area contributed by atoms with Crippen molar-refractivity contribution in [2.45, 2.75) is 30.6 Å². The molecular weight excluding hydrogens is 220 g/mol. The second-order valence-electron chi connectivity index (χ2n) is 4.97. The number of benzene rings is 1. The Balaban J connectivity index is 2.55. The Morgan fingerprint density at radius 1 is 1.38 bits per heavy atom. The van der Waals surface area contributed by atoms with E-state index in [0.717, 1.165) is 16.9 Å². The second kappa shape index (κ2) is 3.52. The second-order valence-corrected chi connectivity index (χ2v) is 5.82. The summed E-state index contributed by atoms with van der Waals surface area (Å²) in [5.74, 6) is -0.695. The van der Waals surface area contributed by atoms with Gasteiger partial charge in [-0.1, -0.05) is 32.0 Å². The van der Waals surface area contributed by atoms with Gasteiger partial charge in [0.1, 0.15) is 0 Å². The molecule has 16 heavy (non-hydrogen) atoms. The van der Waals surface area contributed by atoms with Crippen molar-refractivity contribution < 1.29 is 9.90 Å². The number of aliphatic carboxylic acids is 1. The molecule has 1 atom stereocenters. The van der Waals surface area contributed by atoms with E-state index in [1.807, 2.05) is 44.4 Å². The maximum atomic E-state index is 11.6. The van der Waals surface area contributed by atoms with Gasteiger partial charge >= 0.3 is 5.97 Å². The van der Waals surface area contributed by atoms with Gasteiger partial charge in [0.2, 0.25) is 0 Å². The number of thioether (sulfide) groups is 1. The molecule has 1 N–H and O–H groups in total. The van der Waals surface area contributed by atoms with Crippen molar-refractivity contribution in [2.75, 3.05) is 6.26 Å². The third-order valence-corrected chi connectivity index (χ3v) is 4.47. The van der Waals surface area contributed by atoms with E-state index in [2.05, 4.69) is 0 Å². The predicted octanol–water partition coefficient (Wildman–Crippen LogP) is 3.16. The number of hydrogen-bond donors (Lipinski definition) is 1.